The number of ketones is 1. The van der Waals surface area contributed by atoms with Gasteiger partial charge in [-0.3, -0.25) is 14.4 Å². The second kappa shape index (κ2) is 7.87. The van der Waals surface area contributed by atoms with Gasteiger partial charge in [-0.25, -0.2) is 0 Å². The van der Waals surface area contributed by atoms with E-state index in [9.17, 15) is 14.4 Å². The Labute approximate surface area is 147 Å². The molecule has 0 aliphatic rings. The van der Waals surface area contributed by atoms with Crippen molar-refractivity contribution < 1.29 is 14.4 Å². The molecule has 0 heterocycles. The van der Waals surface area contributed by atoms with Crippen LogP contribution in [0.25, 0.3) is 0 Å². The molecule has 0 bridgehead atoms. The molecular formula is C17H15IN2O3. The number of amides is 2. The van der Waals surface area contributed by atoms with Crippen LogP contribution < -0.4 is 10.6 Å². The quantitative estimate of drug-likeness (QED) is 0.575. The van der Waals surface area contributed by atoms with Gasteiger partial charge in [0, 0.05) is 14.8 Å². The average molecular weight is 422 g/mol. The van der Waals surface area contributed by atoms with Crippen LogP contribution in [-0.2, 0) is 4.79 Å². The van der Waals surface area contributed by atoms with Gasteiger partial charge < -0.3 is 10.6 Å². The fourth-order valence-corrected chi connectivity index (χ4v) is 2.55. The van der Waals surface area contributed by atoms with Crippen LogP contribution in [0.2, 0.25) is 0 Å². The van der Waals surface area contributed by atoms with Crippen LogP contribution in [0.4, 0.5) is 5.69 Å². The normalized spacial score (nSPS) is 10.0. The first-order valence-corrected chi connectivity index (χ1v) is 7.99. The van der Waals surface area contributed by atoms with E-state index in [1.54, 1.807) is 36.4 Å². The van der Waals surface area contributed by atoms with Crippen LogP contribution in [0.1, 0.15) is 27.6 Å². The summed E-state index contributed by atoms with van der Waals surface area (Å²) >= 11 is 2.07. The van der Waals surface area contributed by atoms with Gasteiger partial charge >= 0.3 is 0 Å². The van der Waals surface area contributed by atoms with E-state index in [0.717, 1.165) is 3.57 Å². The Morgan fingerprint density at radius 2 is 1.78 bits per heavy atom. The fraction of sp³-hybridized carbons (Fsp3) is 0.118. The van der Waals surface area contributed by atoms with Gasteiger partial charge in [0.05, 0.1) is 12.1 Å². The molecule has 0 radical (unpaired) electrons. The molecule has 5 nitrogen and oxygen atoms in total. The van der Waals surface area contributed by atoms with E-state index in [-0.39, 0.29) is 24.1 Å². The zero-order valence-corrected chi connectivity index (χ0v) is 14.6. The van der Waals surface area contributed by atoms with E-state index in [4.69, 9.17) is 0 Å². The van der Waals surface area contributed by atoms with Crippen LogP contribution >= 0.6 is 22.6 Å². The second-order valence-electron chi connectivity index (χ2n) is 4.85. The summed E-state index contributed by atoms with van der Waals surface area (Å²) in [6.07, 6.45) is 0. The highest BCUT2D eigenvalue weighted by Gasteiger charge is 2.11. The maximum atomic E-state index is 12.0. The molecule has 23 heavy (non-hydrogen) atoms. The van der Waals surface area contributed by atoms with Crippen LogP contribution in [0.5, 0.6) is 0 Å². The van der Waals surface area contributed by atoms with Crippen LogP contribution in [0.3, 0.4) is 0 Å². The Bertz CT molecular complexity index is 759. The van der Waals surface area contributed by atoms with Crippen molar-refractivity contribution in [2.75, 3.05) is 11.9 Å². The molecule has 0 atom stereocenters. The van der Waals surface area contributed by atoms with Gasteiger partial charge in [-0.1, -0.05) is 24.3 Å². The lowest BCUT2D eigenvalue weighted by molar-refractivity contribution is -0.115. The molecule has 2 aromatic carbocycles. The van der Waals surface area contributed by atoms with Gasteiger partial charge in [0.15, 0.2) is 5.78 Å². The average Bonchev–Trinajstić information content (AvgIpc) is 2.53. The molecule has 0 aliphatic carbocycles. The van der Waals surface area contributed by atoms with Gasteiger partial charge in [0.2, 0.25) is 5.91 Å². The Morgan fingerprint density at radius 3 is 2.48 bits per heavy atom. The molecule has 0 aliphatic heterocycles. The lowest BCUT2D eigenvalue weighted by atomic mass is 10.1. The molecule has 2 amide bonds. The molecule has 0 aromatic heterocycles. The molecular weight excluding hydrogens is 407 g/mol. The van der Waals surface area contributed by atoms with Crippen LogP contribution in [0.15, 0.2) is 48.5 Å². The summed E-state index contributed by atoms with van der Waals surface area (Å²) < 4.78 is 0.817. The number of halogens is 1. The SMILES string of the molecule is CC(=O)c1cccc(NC(=O)CNC(=O)c2ccccc2I)c1. The standard InChI is InChI=1S/C17H15IN2O3/c1-11(21)12-5-4-6-13(9-12)20-16(22)10-19-17(23)14-7-2-3-8-15(14)18/h2-9H,10H2,1H3,(H,19,23)(H,20,22). The molecule has 118 valence electrons. The number of rotatable bonds is 5. The van der Waals surface area contributed by atoms with E-state index < -0.39 is 0 Å². The van der Waals surface area contributed by atoms with Crippen molar-refractivity contribution in [3.63, 3.8) is 0 Å². The number of hydrogen-bond acceptors (Lipinski definition) is 3. The maximum Gasteiger partial charge on any atom is 0.252 e. The predicted octanol–water partition coefficient (Wildman–Crippen LogP) is 2.86. The fourth-order valence-electron chi connectivity index (χ4n) is 1.92. The second-order valence-corrected chi connectivity index (χ2v) is 6.01. The first kappa shape index (κ1) is 17.1. The highest BCUT2D eigenvalue weighted by Crippen LogP contribution is 2.12. The Hall–Kier alpha value is -2.22. The molecule has 6 heteroatoms. The van der Waals surface area contributed by atoms with E-state index in [0.29, 0.717) is 16.8 Å². The summed E-state index contributed by atoms with van der Waals surface area (Å²) in [4.78, 5) is 35.2. The van der Waals surface area contributed by atoms with Crippen molar-refractivity contribution in [2.24, 2.45) is 0 Å². The molecule has 0 spiro atoms. The highest BCUT2D eigenvalue weighted by molar-refractivity contribution is 14.1. The minimum atomic E-state index is -0.356. The van der Waals surface area contributed by atoms with Gasteiger partial charge in [0.1, 0.15) is 0 Å². The lowest BCUT2D eigenvalue weighted by Gasteiger charge is -2.08. The topological polar surface area (TPSA) is 75.3 Å². The van der Waals surface area contributed by atoms with Crippen molar-refractivity contribution >= 4 is 45.9 Å². The van der Waals surface area contributed by atoms with Crippen LogP contribution in [-0.4, -0.2) is 24.1 Å². The summed E-state index contributed by atoms with van der Waals surface area (Å²) in [7, 11) is 0. The largest absolute Gasteiger partial charge is 0.343 e. The lowest BCUT2D eigenvalue weighted by Crippen LogP contribution is -2.33. The van der Waals surface area contributed by atoms with Crippen molar-refractivity contribution in [1.82, 2.24) is 5.32 Å². The number of carbonyl (C=O) groups is 3. The molecule has 0 saturated heterocycles. The number of hydrogen-bond donors (Lipinski definition) is 2. The van der Waals surface area contributed by atoms with Gasteiger partial charge in [0.25, 0.3) is 5.91 Å². The first-order valence-electron chi connectivity index (χ1n) is 6.91. The summed E-state index contributed by atoms with van der Waals surface area (Å²) in [5.41, 5.74) is 1.57. The van der Waals surface area contributed by atoms with Gasteiger partial charge in [-0.05, 0) is 53.8 Å². The molecule has 2 rings (SSSR count). The number of carbonyl (C=O) groups excluding carboxylic acids is 3. The number of nitrogens with one attached hydrogen (secondary N) is 2. The summed E-state index contributed by atoms with van der Waals surface area (Å²) in [5.74, 6) is -0.735. The third-order valence-corrected chi connectivity index (χ3v) is 4.02. The molecule has 2 aromatic rings. The Balaban J connectivity index is 1.93. The minimum Gasteiger partial charge on any atom is -0.343 e. The van der Waals surface area contributed by atoms with Crippen molar-refractivity contribution in [3.05, 3.63) is 63.2 Å². The summed E-state index contributed by atoms with van der Waals surface area (Å²) in [6, 6.07) is 13.8. The van der Waals surface area contributed by atoms with E-state index in [2.05, 4.69) is 33.2 Å². The van der Waals surface area contributed by atoms with E-state index in [1.165, 1.54) is 6.92 Å². The van der Waals surface area contributed by atoms with Gasteiger partial charge in [-0.15, -0.1) is 0 Å². The highest BCUT2D eigenvalue weighted by atomic mass is 127. The molecule has 0 unspecified atom stereocenters. The predicted molar refractivity (Wildman–Crippen MR) is 96.6 cm³/mol. The van der Waals surface area contributed by atoms with E-state index in [1.807, 2.05) is 12.1 Å². The maximum absolute atomic E-state index is 12.0. The van der Waals surface area contributed by atoms with E-state index >= 15 is 0 Å². The van der Waals surface area contributed by atoms with Crippen LogP contribution in [0, 0.1) is 3.57 Å². The Kier molecular flexibility index (Phi) is 5.86. The molecule has 2 N–H and O–H groups in total. The first-order chi connectivity index (χ1) is 11.0. The van der Waals surface area contributed by atoms with Crippen molar-refractivity contribution in [3.8, 4) is 0 Å². The monoisotopic (exact) mass is 422 g/mol. The number of benzene rings is 2. The summed E-state index contributed by atoms with van der Waals surface area (Å²) in [6.45, 7) is 1.32. The smallest absolute Gasteiger partial charge is 0.252 e. The minimum absolute atomic E-state index is 0.0759. The molecule has 0 saturated carbocycles. The van der Waals surface area contributed by atoms with Crippen molar-refractivity contribution in [1.29, 1.82) is 0 Å². The zero-order valence-electron chi connectivity index (χ0n) is 12.4. The molecule has 0 fully saturated rings. The third-order valence-electron chi connectivity index (χ3n) is 3.08. The number of anilines is 1. The van der Waals surface area contributed by atoms with Crippen molar-refractivity contribution in [2.45, 2.75) is 6.92 Å². The number of Topliss-reactive ketones (excluding diaryl/α,β-unsaturated/α-hetero) is 1. The zero-order chi connectivity index (χ0) is 16.8. The van der Waals surface area contributed by atoms with Gasteiger partial charge in [-0.2, -0.15) is 0 Å². The third kappa shape index (κ3) is 4.88. The summed E-state index contributed by atoms with van der Waals surface area (Å²) in [5, 5.41) is 5.23. The Morgan fingerprint density at radius 1 is 1.04 bits per heavy atom.